The second-order valence-electron chi connectivity index (χ2n) is 2.76. The molecule has 12 heavy (non-hydrogen) atoms. The Kier molecular flexibility index (Phi) is 3.22. The lowest BCUT2D eigenvalue weighted by molar-refractivity contribution is 0.161. The van der Waals surface area contributed by atoms with Gasteiger partial charge in [0.05, 0.1) is 6.10 Å². The van der Waals surface area contributed by atoms with Crippen LogP contribution >= 0.6 is 0 Å². The van der Waals surface area contributed by atoms with Crippen LogP contribution in [0.5, 0.6) is 0 Å². The maximum Gasteiger partial charge on any atom is 0.0762 e. The van der Waals surface area contributed by atoms with E-state index in [2.05, 4.69) is 5.48 Å². The number of benzene rings is 1. The first-order valence-corrected chi connectivity index (χ1v) is 3.88. The largest absolute Gasteiger partial charge is 0.389 e. The molecule has 0 saturated carbocycles. The molecule has 0 spiro atoms. The molecule has 3 nitrogen and oxygen atoms in total. The predicted octanol–water partition coefficient (Wildman–Crippen LogP) is 1.22. The fourth-order valence-corrected chi connectivity index (χ4v) is 1.05. The van der Waals surface area contributed by atoms with Gasteiger partial charge in [-0.1, -0.05) is 24.3 Å². The Balaban J connectivity index is 2.81. The summed E-state index contributed by atoms with van der Waals surface area (Å²) in [5.74, 6) is 0. The zero-order chi connectivity index (χ0) is 8.97. The summed E-state index contributed by atoms with van der Waals surface area (Å²) in [7, 11) is 0. The monoisotopic (exact) mass is 167 g/mol. The molecule has 0 aromatic heterocycles. The average molecular weight is 167 g/mol. The highest BCUT2D eigenvalue weighted by Gasteiger charge is 2.00. The zero-order valence-corrected chi connectivity index (χ0v) is 6.99. The molecule has 1 aromatic carbocycles. The number of hydrogen-bond acceptors (Lipinski definition) is 3. The van der Waals surface area contributed by atoms with Crippen molar-refractivity contribution in [2.24, 2.45) is 0 Å². The fourth-order valence-electron chi connectivity index (χ4n) is 1.05. The molecule has 1 unspecified atom stereocenters. The number of hydroxylamine groups is 1. The molecular formula is C9H13NO2. The van der Waals surface area contributed by atoms with Crippen LogP contribution in [0.4, 0.5) is 0 Å². The smallest absolute Gasteiger partial charge is 0.0762 e. The molecule has 0 bridgehead atoms. The van der Waals surface area contributed by atoms with Crippen molar-refractivity contribution >= 4 is 0 Å². The van der Waals surface area contributed by atoms with Crippen molar-refractivity contribution in [1.29, 1.82) is 0 Å². The summed E-state index contributed by atoms with van der Waals surface area (Å²) in [5.41, 5.74) is 3.89. The zero-order valence-electron chi connectivity index (χ0n) is 6.99. The van der Waals surface area contributed by atoms with Crippen LogP contribution in [0.1, 0.15) is 24.2 Å². The summed E-state index contributed by atoms with van der Waals surface area (Å²) in [4.78, 5) is 0. The summed E-state index contributed by atoms with van der Waals surface area (Å²) in [6, 6.07) is 7.45. The molecule has 1 rings (SSSR count). The van der Waals surface area contributed by atoms with E-state index < -0.39 is 6.10 Å². The lowest BCUT2D eigenvalue weighted by Gasteiger charge is -2.06. The van der Waals surface area contributed by atoms with Crippen LogP contribution in [0.3, 0.4) is 0 Å². The van der Waals surface area contributed by atoms with Crippen LogP contribution in [0.25, 0.3) is 0 Å². The van der Waals surface area contributed by atoms with E-state index >= 15 is 0 Å². The fraction of sp³-hybridized carbons (Fsp3) is 0.333. The molecule has 0 aliphatic rings. The maximum absolute atomic E-state index is 9.23. The normalized spacial score (nSPS) is 12.9. The molecule has 0 aliphatic heterocycles. The first kappa shape index (κ1) is 9.19. The summed E-state index contributed by atoms with van der Waals surface area (Å²) >= 11 is 0. The van der Waals surface area contributed by atoms with Gasteiger partial charge in [0, 0.05) is 6.54 Å². The summed E-state index contributed by atoms with van der Waals surface area (Å²) in [6.07, 6.45) is -0.455. The maximum atomic E-state index is 9.23. The van der Waals surface area contributed by atoms with Crippen LogP contribution < -0.4 is 5.48 Å². The molecule has 0 aliphatic carbocycles. The molecule has 1 aromatic rings. The summed E-state index contributed by atoms with van der Waals surface area (Å²) < 4.78 is 0. The van der Waals surface area contributed by atoms with E-state index in [0.717, 1.165) is 11.1 Å². The highest BCUT2D eigenvalue weighted by Crippen LogP contribution is 2.13. The molecule has 0 amide bonds. The molecular weight excluding hydrogens is 154 g/mol. The minimum Gasteiger partial charge on any atom is -0.389 e. The van der Waals surface area contributed by atoms with Crippen molar-refractivity contribution in [3.63, 3.8) is 0 Å². The number of hydrogen-bond donors (Lipinski definition) is 3. The van der Waals surface area contributed by atoms with Crippen LogP contribution in [-0.4, -0.2) is 10.3 Å². The Morgan fingerprint density at radius 3 is 2.83 bits per heavy atom. The van der Waals surface area contributed by atoms with Gasteiger partial charge in [-0.05, 0) is 18.1 Å². The Hall–Kier alpha value is -0.900. The second-order valence-corrected chi connectivity index (χ2v) is 2.76. The number of nitrogens with one attached hydrogen (secondary N) is 1. The van der Waals surface area contributed by atoms with Crippen LogP contribution in [0.2, 0.25) is 0 Å². The quantitative estimate of drug-likeness (QED) is 0.593. The van der Waals surface area contributed by atoms with E-state index in [1.165, 1.54) is 0 Å². The van der Waals surface area contributed by atoms with Gasteiger partial charge in [0.1, 0.15) is 0 Å². The highest BCUT2D eigenvalue weighted by molar-refractivity contribution is 5.24. The van der Waals surface area contributed by atoms with E-state index in [-0.39, 0.29) is 0 Å². The molecule has 0 fully saturated rings. The van der Waals surface area contributed by atoms with Crippen molar-refractivity contribution in [2.45, 2.75) is 19.6 Å². The first-order valence-electron chi connectivity index (χ1n) is 3.88. The highest BCUT2D eigenvalue weighted by atomic mass is 16.5. The molecule has 0 radical (unpaired) electrons. The number of rotatable bonds is 3. The van der Waals surface area contributed by atoms with E-state index in [1.54, 1.807) is 6.92 Å². The third kappa shape index (κ3) is 2.30. The molecule has 3 heteroatoms. The van der Waals surface area contributed by atoms with Gasteiger partial charge >= 0.3 is 0 Å². The van der Waals surface area contributed by atoms with Gasteiger partial charge in [-0.15, -0.1) is 0 Å². The van der Waals surface area contributed by atoms with Crippen LogP contribution in [0.15, 0.2) is 24.3 Å². The minimum atomic E-state index is -0.455. The van der Waals surface area contributed by atoms with Gasteiger partial charge in [-0.25, -0.2) is 5.48 Å². The van der Waals surface area contributed by atoms with E-state index in [1.807, 2.05) is 24.3 Å². The Morgan fingerprint density at radius 1 is 1.50 bits per heavy atom. The van der Waals surface area contributed by atoms with E-state index in [0.29, 0.717) is 6.54 Å². The second kappa shape index (κ2) is 4.21. The summed E-state index contributed by atoms with van der Waals surface area (Å²) in [5, 5.41) is 17.7. The Bertz CT molecular complexity index is 248. The molecule has 0 heterocycles. The lowest BCUT2D eigenvalue weighted by atomic mass is 10.1. The van der Waals surface area contributed by atoms with Crippen molar-refractivity contribution < 1.29 is 10.3 Å². The SMILES string of the molecule is CC(O)c1cccc(CNO)c1. The van der Waals surface area contributed by atoms with Crippen LogP contribution in [-0.2, 0) is 6.54 Å². The molecule has 1 atom stereocenters. The van der Waals surface area contributed by atoms with Crippen molar-refractivity contribution in [3.8, 4) is 0 Å². The standard InChI is InChI=1S/C9H13NO2/c1-7(11)9-4-2-3-8(5-9)6-10-12/h2-5,7,10-12H,6H2,1H3. The topological polar surface area (TPSA) is 52.5 Å². The number of aliphatic hydroxyl groups is 1. The van der Waals surface area contributed by atoms with Gasteiger partial charge in [-0.2, -0.15) is 0 Å². The molecule has 66 valence electrons. The average Bonchev–Trinajstić information content (AvgIpc) is 2.05. The molecule has 0 saturated heterocycles. The van der Waals surface area contributed by atoms with Gasteiger partial charge in [0.15, 0.2) is 0 Å². The van der Waals surface area contributed by atoms with Gasteiger partial charge in [0.2, 0.25) is 0 Å². The number of aliphatic hydroxyl groups excluding tert-OH is 1. The predicted molar refractivity (Wildman–Crippen MR) is 45.7 cm³/mol. The lowest BCUT2D eigenvalue weighted by Crippen LogP contribution is -2.06. The van der Waals surface area contributed by atoms with Crippen molar-refractivity contribution in [2.75, 3.05) is 0 Å². The van der Waals surface area contributed by atoms with E-state index in [4.69, 9.17) is 5.21 Å². The third-order valence-electron chi connectivity index (χ3n) is 1.72. The van der Waals surface area contributed by atoms with Gasteiger partial charge in [0.25, 0.3) is 0 Å². The van der Waals surface area contributed by atoms with Crippen molar-refractivity contribution in [3.05, 3.63) is 35.4 Å². The molecule has 3 N–H and O–H groups in total. The van der Waals surface area contributed by atoms with Crippen LogP contribution in [0, 0.1) is 0 Å². The van der Waals surface area contributed by atoms with Crippen molar-refractivity contribution in [1.82, 2.24) is 5.48 Å². The Labute approximate surface area is 71.6 Å². The van der Waals surface area contributed by atoms with Gasteiger partial charge in [-0.3, -0.25) is 0 Å². The third-order valence-corrected chi connectivity index (χ3v) is 1.72. The van der Waals surface area contributed by atoms with E-state index in [9.17, 15) is 5.11 Å². The minimum absolute atomic E-state index is 0.403. The Morgan fingerprint density at radius 2 is 2.25 bits per heavy atom. The first-order chi connectivity index (χ1) is 5.74. The van der Waals surface area contributed by atoms with Gasteiger partial charge < -0.3 is 10.3 Å². The summed E-state index contributed by atoms with van der Waals surface area (Å²) in [6.45, 7) is 2.12.